The third-order valence-corrected chi connectivity index (χ3v) is 6.34. The molecule has 166 valence electrons. The first-order chi connectivity index (χ1) is 13.5. The monoisotopic (exact) mass is 398 g/mol. The van der Waals surface area contributed by atoms with Crippen LogP contribution in [0.4, 0.5) is 0 Å². The molecular formula is C24H46O4. The van der Waals surface area contributed by atoms with Gasteiger partial charge < -0.3 is 10.2 Å². The van der Waals surface area contributed by atoms with Gasteiger partial charge in [0.05, 0.1) is 11.3 Å². The van der Waals surface area contributed by atoms with Crippen molar-refractivity contribution >= 4 is 11.9 Å². The van der Waals surface area contributed by atoms with E-state index in [-0.39, 0.29) is 0 Å². The van der Waals surface area contributed by atoms with Crippen LogP contribution in [0.15, 0.2) is 0 Å². The topological polar surface area (TPSA) is 74.6 Å². The molecule has 0 aliphatic carbocycles. The van der Waals surface area contributed by atoms with Crippen LogP contribution in [0, 0.1) is 11.3 Å². The quantitative estimate of drug-likeness (QED) is 0.209. The number of unbranched alkanes of at least 4 members (excludes halogenated alkanes) is 12. The molecule has 0 aliphatic heterocycles. The van der Waals surface area contributed by atoms with Crippen molar-refractivity contribution in [1.29, 1.82) is 0 Å². The lowest BCUT2D eigenvalue weighted by molar-refractivity contribution is -0.164. The minimum absolute atomic E-state index is 0.386. The van der Waals surface area contributed by atoms with E-state index in [1.165, 1.54) is 57.8 Å². The molecule has 0 bridgehead atoms. The maximum atomic E-state index is 12.0. The van der Waals surface area contributed by atoms with Gasteiger partial charge in [-0.05, 0) is 19.3 Å². The summed E-state index contributed by atoms with van der Waals surface area (Å²) in [6, 6.07) is 0. The molecule has 0 aromatic carbocycles. The van der Waals surface area contributed by atoms with E-state index in [0.717, 1.165) is 32.1 Å². The Hall–Kier alpha value is -1.06. The molecule has 0 rings (SSSR count). The highest BCUT2D eigenvalue weighted by Gasteiger charge is 2.47. The maximum absolute atomic E-state index is 12.0. The smallest absolute Gasteiger partial charge is 0.310 e. The molecule has 0 aromatic rings. The van der Waals surface area contributed by atoms with Crippen molar-refractivity contribution in [2.45, 2.75) is 130 Å². The largest absolute Gasteiger partial charge is 0.481 e. The summed E-state index contributed by atoms with van der Waals surface area (Å²) in [5, 5.41) is 19.5. The minimum atomic E-state index is -1.11. The molecule has 4 nitrogen and oxygen atoms in total. The van der Waals surface area contributed by atoms with Gasteiger partial charge in [0.25, 0.3) is 0 Å². The maximum Gasteiger partial charge on any atom is 0.310 e. The highest BCUT2D eigenvalue weighted by atomic mass is 16.4. The number of carboxylic acids is 2. The minimum Gasteiger partial charge on any atom is -0.481 e. The number of carbonyl (C=O) groups is 2. The zero-order chi connectivity index (χ0) is 21.3. The number of rotatable bonds is 20. The predicted octanol–water partition coefficient (Wildman–Crippen LogP) is 7.45. The van der Waals surface area contributed by atoms with E-state index < -0.39 is 23.3 Å². The Balaban J connectivity index is 4.16. The third-order valence-electron chi connectivity index (χ3n) is 6.34. The van der Waals surface area contributed by atoms with E-state index in [2.05, 4.69) is 6.92 Å². The summed E-state index contributed by atoms with van der Waals surface area (Å²) < 4.78 is 0. The first-order valence-electron chi connectivity index (χ1n) is 11.9. The number of aliphatic carboxylic acids is 2. The first-order valence-corrected chi connectivity index (χ1v) is 11.9. The number of hydrogen-bond acceptors (Lipinski definition) is 2. The summed E-state index contributed by atoms with van der Waals surface area (Å²) in [6.45, 7) is 6.08. The van der Waals surface area contributed by atoms with E-state index in [9.17, 15) is 19.8 Å². The van der Waals surface area contributed by atoms with Crippen molar-refractivity contribution in [2.24, 2.45) is 11.3 Å². The first kappa shape index (κ1) is 26.9. The number of hydrogen-bond donors (Lipinski definition) is 2. The summed E-state index contributed by atoms with van der Waals surface area (Å²) in [6.07, 6.45) is 17.8. The Morgan fingerprint density at radius 2 is 1.11 bits per heavy atom. The molecule has 2 unspecified atom stereocenters. The highest BCUT2D eigenvalue weighted by molar-refractivity contribution is 5.83. The molecule has 2 atom stereocenters. The molecule has 0 aromatic heterocycles. The van der Waals surface area contributed by atoms with E-state index in [1.807, 2.05) is 13.8 Å². The summed E-state index contributed by atoms with van der Waals surface area (Å²) >= 11 is 0. The fraction of sp³-hybridized carbons (Fsp3) is 0.917. The average Bonchev–Trinajstić information content (AvgIpc) is 2.67. The van der Waals surface area contributed by atoms with Gasteiger partial charge in [-0.3, -0.25) is 9.59 Å². The summed E-state index contributed by atoms with van der Waals surface area (Å²) in [7, 11) is 0. The molecule has 0 radical (unpaired) electrons. The molecule has 4 heteroatoms. The average molecular weight is 399 g/mol. The van der Waals surface area contributed by atoms with Gasteiger partial charge >= 0.3 is 11.9 Å². The van der Waals surface area contributed by atoms with Gasteiger partial charge in [-0.2, -0.15) is 0 Å². The second kappa shape index (κ2) is 16.9. The van der Waals surface area contributed by atoms with Gasteiger partial charge in [0.15, 0.2) is 0 Å². The molecule has 0 heterocycles. The molecular weight excluding hydrogens is 352 g/mol. The van der Waals surface area contributed by atoms with Crippen LogP contribution < -0.4 is 0 Å². The molecule has 28 heavy (non-hydrogen) atoms. The van der Waals surface area contributed by atoms with Crippen LogP contribution in [0.25, 0.3) is 0 Å². The van der Waals surface area contributed by atoms with Crippen LogP contribution in [0.1, 0.15) is 130 Å². The third kappa shape index (κ3) is 10.5. The zero-order valence-corrected chi connectivity index (χ0v) is 18.8. The van der Waals surface area contributed by atoms with Crippen LogP contribution in [-0.4, -0.2) is 22.2 Å². The van der Waals surface area contributed by atoms with Crippen LogP contribution >= 0.6 is 0 Å². The standard InChI is InChI=1S/C24H46O4/c1-4-7-9-10-11-12-13-14-15-16-17-18-19-21(22(25)26)24(6-3,23(27)28)20-8-5-2/h21H,4-20H2,1-3H3,(H,25,26)(H,27,28). The highest BCUT2D eigenvalue weighted by Crippen LogP contribution is 2.40. The van der Waals surface area contributed by atoms with Crippen LogP contribution in [0.5, 0.6) is 0 Å². The summed E-state index contributed by atoms with van der Waals surface area (Å²) in [5.74, 6) is -2.65. The predicted molar refractivity (Wildman–Crippen MR) is 117 cm³/mol. The van der Waals surface area contributed by atoms with Gasteiger partial charge in [0, 0.05) is 0 Å². The second-order valence-electron chi connectivity index (χ2n) is 8.49. The van der Waals surface area contributed by atoms with Crippen molar-refractivity contribution in [3.05, 3.63) is 0 Å². The summed E-state index contributed by atoms with van der Waals surface area (Å²) in [4.78, 5) is 23.8. The van der Waals surface area contributed by atoms with Crippen molar-refractivity contribution in [3.63, 3.8) is 0 Å². The van der Waals surface area contributed by atoms with Gasteiger partial charge in [0.1, 0.15) is 0 Å². The lowest BCUT2D eigenvalue weighted by Gasteiger charge is -2.34. The molecule has 0 aliphatic rings. The van der Waals surface area contributed by atoms with Gasteiger partial charge in [-0.1, -0.05) is 111 Å². The van der Waals surface area contributed by atoms with E-state index in [4.69, 9.17) is 0 Å². The molecule has 0 fully saturated rings. The Labute approximate surface area is 173 Å². The Bertz CT molecular complexity index is 407. The SMILES string of the molecule is CCCCCCCCCCCCCCC(C(=O)O)C(CC)(CCCC)C(=O)O. The van der Waals surface area contributed by atoms with Crippen molar-refractivity contribution in [1.82, 2.24) is 0 Å². The fourth-order valence-electron chi connectivity index (χ4n) is 4.32. The van der Waals surface area contributed by atoms with E-state index in [1.54, 1.807) is 0 Å². The van der Waals surface area contributed by atoms with Crippen molar-refractivity contribution < 1.29 is 19.8 Å². The normalized spacial score (nSPS) is 14.5. The summed E-state index contributed by atoms with van der Waals surface area (Å²) in [5.41, 5.74) is -1.11. The van der Waals surface area contributed by atoms with Gasteiger partial charge in [-0.15, -0.1) is 0 Å². The fourth-order valence-corrected chi connectivity index (χ4v) is 4.32. The van der Waals surface area contributed by atoms with Crippen molar-refractivity contribution in [2.75, 3.05) is 0 Å². The molecule has 2 N–H and O–H groups in total. The van der Waals surface area contributed by atoms with Crippen LogP contribution in [0.2, 0.25) is 0 Å². The van der Waals surface area contributed by atoms with E-state index >= 15 is 0 Å². The van der Waals surface area contributed by atoms with E-state index in [0.29, 0.717) is 19.3 Å². The molecule has 0 spiro atoms. The molecule has 0 saturated carbocycles. The molecule has 0 amide bonds. The van der Waals surface area contributed by atoms with Crippen molar-refractivity contribution in [3.8, 4) is 0 Å². The molecule has 0 saturated heterocycles. The second-order valence-corrected chi connectivity index (χ2v) is 8.49. The Morgan fingerprint density at radius 1 is 0.679 bits per heavy atom. The zero-order valence-electron chi connectivity index (χ0n) is 18.8. The Morgan fingerprint density at radius 3 is 1.46 bits per heavy atom. The van der Waals surface area contributed by atoms with Crippen LogP contribution in [0.3, 0.4) is 0 Å². The Kier molecular flexibility index (Phi) is 16.2. The van der Waals surface area contributed by atoms with Crippen LogP contribution in [-0.2, 0) is 9.59 Å². The number of carboxylic acid groups (broad SMARTS) is 2. The van der Waals surface area contributed by atoms with Gasteiger partial charge in [0.2, 0.25) is 0 Å². The van der Waals surface area contributed by atoms with Gasteiger partial charge in [-0.25, -0.2) is 0 Å². The lowest BCUT2D eigenvalue weighted by Crippen LogP contribution is -2.42. The lowest BCUT2D eigenvalue weighted by atomic mass is 9.68.